The summed E-state index contributed by atoms with van der Waals surface area (Å²) in [6.07, 6.45) is 15.2. The molecule has 0 N–H and O–H groups in total. The lowest BCUT2D eigenvalue weighted by atomic mass is 9.95. The van der Waals surface area contributed by atoms with Gasteiger partial charge >= 0.3 is 0 Å². The molecule has 0 spiro atoms. The van der Waals surface area contributed by atoms with Crippen molar-refractivity contribution in [3.05, 3.63) is 49.5 Å². The third kappa shape index (κ3) is 5.88. The lowest BCUT2D eigenvalue weighted by Crippen LogP contribution is -2.44. The Labute approximate surface area is 116 Å². The maximum atomic E-state index is 12.4. The average Bonchev–Trinajstić information content (AvgIpc) is 2.43. The Morgan fingerprint density at radius 1 is 1.26 bits per heavy atom. The molecule has 0 unspecified atom stereocenters. The minimum Gasteiger partial charge on any atom is -0.310 e. The second-order valence-corrected chi connectivity index (χ2v) is 4.90. The van der Waals surface area contributed by atoms with Gasteiger partial charge < -0.3 is 5.01 Å². The molecule has 0 saturated heterocycles. The maximum Gasteiger partial charge on any atom is 0.116 e. The Hall–Kier alpha value is -1.35. The fourth-order valence-electron chi connectivity index (χ4n) is 2.40. The van der Waals surface area contributed by atoms with Crippen LogP contribution in [0.4, 0.5) is 4.39 Å². The van der Waals surface area contributed by atoms with Crippen molar-refractivity contribution in [3.8, 4) is 0 Å². The monoisotopic (exact) mass is 264 g/mol. The zero-order chi connectivity index (χ0) is 14.1. The van der Waals surface area contributed by atoms with E-state index >= 15 is 0 Å². The van der Waals surface area contributed by atoms with Crippen molar-refractivity contribution >= 4 is 0 Å². The predicted octanol–water partition coefficient (Wildman–Crippen LogP) is 4.21. The molecule has 0 aromatic heterocycles. The smallest absolute Gasteiger partial charge is 0.116 e. The van der Waals surface area contributed by atoms with E-state index in [4.69, 9.17) is 0 Å². The van der Waals surface area contributed by atoms with Gasteiger partial charge in [0.25, 0.3) is 0 Å². The topological polar surface area (TPSA) is 6.48 Å². The Morgan fingerprint density at radius 2 is 1.95 bits per heavy atom. The summed E-state index contributed by atoms with van der Waals surface area (Å²) in [6.45, 7) is 7.78. The first-order valence-electron chi connectivity index (χ1n) is 6.94. The summed E-state index contributed by atoms with van der Waals surface area (Å²) < 4.78 is 12.4. The summed E-state index contributed by atoms with van der Waals surface area (Å²) >= 11 is 0. The summed E-state index contributed by atoms with van der Waals surface area (Å²) in [6, 6.07) is 0.612. The SMILES string of the molecule is C=CN(C/C=C/C=C\C(=C)F)N(C)C1CCCCC1. The number of hydrogen-bond donors (Lipinski definition) is 0. The molecule has 1 rings (SSSR count). The van der Waals surface area contributed by atoms with Crippen LogP contribution < -0.4 is 0 Å². The third-order valence-corrected chi connectivity index (χ3v) is 3.54. The molecule has 0 radical (unpaired) electrons. The molecule has 1 aliphatic rings. The molecule has 3 heteroatoms. The fraction of sp³-hybridized carbons (Fsp3) is 0.500. The first kappa shape index (κ1) is 15.7. The van der Waals surface area contributed by atoms with Gasteiger partial charge in [-0.05, 0) is 18.9 Å². The fourth-order valence-corrected chi connectivity index (χ4v) is 2.40. The molecule has 106 valence electrons. The lowest BCUT2D eigenvalue weighted by Gasteiger charge is -2.38. The van der Waals surface area contributed by atoms with E-state index in [1.807, 2.05) is 18.4 Å². The molecule has 1 aliphatic carbocycles. The van der Waals surface area contributed by atoms with Gasteiger partial charge in [-0.25, -0.2) is 9.40 Å². The van der Waals surface area contributed by atoms with E-state index < -0.39 is 5.83 Å². The van der Waals surface area contributed by atoms with Crippen LogP contribution in [0.25, 0.3) is 0 Å². The molecule has 0 amide bonds. The molecule has 0 aliphatic heterocycles. The van der Waals surface area contributed by atoms with Crippen LogP contribution in [0.2, 0.25) is 0 Å². The van der Waals surface area contributed by atoms with Gasteiger partial charge in [0.2, 0.25) is 0 Å². The quantitative estimate of drug-likeness (QED) is 0.502. The number of hydrogen-bond acceptors (Lipinski definition) is 2. The molecule has 0 aromatic carbocycles. The normalized spacial score (nSPS) is 17.4. The number of allylic oxidation sites excluding steroid dienone is 4. The molecule has 1 fully saturated rings. The van der Waals surface area contributed by atoms with E-state index in [0.717, 1.165) is 6.54 Å². The van der Waals surface area contributed by atoms with Crippen molar-refractivity contribution in [1.82, 2.24) is 10.0 Å². The second kappa shape index (κ2) is 8.70. The van der Waals surface area contributed by atoms with Crippen molar-refractivity contribution in [2.24, 2.45) is 0 Å². The summed E-state index contributed by atoms with van der Waals surface area (Å²) in [7, 11) is 2.12. The molecule has 2 nitrogen and oxygen atoms in total. The second-order valence-electron chi connectivity index (χ2n) is 4.90. The predicted molar refractivity (Wildman–Crippen MR) is 80.1 cm³/mol. The van der Waals surface area contributed by atoms with E-state index in [1.165, 1.54) is 38.2 Å². The lowest BCUT2D eigenvalue weighted by molar-refractivity contribution is 0.00190. The van der Waals surface area contributed by atoms with Crippen molar-refractivity contribution in [2.45, 2.75) is 38.1 Å². The highest BCUT2D eigenvalue weighted by molar-refractivity contribution is 5.13. The summed E-state index contributed by atoms with van der Waals surface area (Å²) in [5.41, 5.74) is 0. The van der Waals surface area contributed by atoms with E-state index in [1.54, 1.807) is 6.08 Å². The van der Waals surface area contributed by atoms with Crippen LogP contribution in [-0.4, -0.2) is 29.7 Å². The molecular formula is C16H25FN2. The Morgan fingerprint density at radius 3 is 2.53 bits per heavy atom. The molecule has 0 atom stereocenters. The summed E-state index contributed by atoms with van der Waals surface area (Å²) in [5, 5.41) is 4.37. The largest absolute Gasteiger partial charge is 0.310 e. The van der Waals surface area contributed by atoms with Crippen LogP contribution in [0.3, 0.4) is 0 Å². The van der Waals surface area contributed by atoms with Gasteiger partial charge in [-0.3, -0.25) is 0 Å². The van der Waals surface area contributed by atoms with Crippen molar-refractivity contribution in [3.63, 3.8) is 0 Å². The van der Waals surface area contributed by atoms with Gasteiger partial charge in [0.15, 0.2) is 0 Å². The van der Waals surface area contributed by atoms with Crippen LogP contribution in [-0.2, 0) is 0 Å². The number of halogens is 1. The van der Waals surface area contributed by atoms with Gasteiger partial charge in [0, 0.05) is 19.3 Å². The highest BCUT2D eigenvalue weighted by atomic mass is 19.1. The molecule has 19 heavy (non-hydrogen) atoms. The zero-order valence-electron chi connectivity index (χ0n) is 11.9. The first-order valence-corrected chi connectivity index (χ1v) is 6.94. The van der Waals surface area contributed by atoms with Crippen LogP contribution in [0.1, 0.15) is 32.1 Å². The number of rotatable bonds is 7. The van der Waals surface area contributed by atoms with Crippen LogP contribution in [0.5, 0.6) is 0 Å². The van der Waals surface area contributed by atoms with Crippen LogP contribution in [0.15, 0.2) is 49.5 Å². The molecule has 0 aromatic rings. The number of hydrazine groups is 1. The van der Waals surface area contributed by atoms with E-state index in [9.17, 15) is 4.39 Å². The highest BCUT2D eigenvalue weighted by Gasteiger charge is 2.20. The Balaban J connectivity index is 2.43. The van der Waals surface area contributed by atoms with Crippen molar-refractivity contribution < 1.29 is 4.39 Å². The molecular weight excluding hydrogens is 239 g/mol. The van der Waals surface area contributed by atoms with Crippen molar-refractivity contribution in [2.75, 3.05) is 13.6 Å². The third-order valence-electron chi connectivity index (χ3n) is 3.54. The minimum absolute atomic E-state index is 0.426. The van der Waals surface area contributed by atoms with E-state index in [2.05, 4.69) is 30.2 Å². The van der Waals surface area contributed by atoms with Crippen LogP contribution in [0, 0.1) is 0 Å². The van der Waals surface area contributed by atoms with Gasteiger partial charge in [0.05, 0.1) is 6.54 Å². The minimum atomic E-state index is -0.426. The molecule has 0 heterocycles. The summed E-state index contributed by atoms with van der Waals surface area (Å²) in [4.78, 5) is 0. The Bertz CT molecular complexity index is 341. The summed E-state index contributed by atoms with van der Waals surface area (Å²) in [5.74, 6) is -0.426. The molecule has 0 bridgehead atoms. The van der Waals surface area contributed by atoms with Gasteiger partial charge in [-0.15, -0.1) is 0 Å². The van der Waals surface area contributed by atoms with E-state index in [0.29, 0.717) is 6.04 Å². The van der Waals surface area contributed by atoms with E-state index in [-0.39, 0.29) is 0 Å². The van der Waals surface area contributed by atoms with Crippen molar-refractivity contribution in [1.29, 1.82) is 0 Å². The van der Waals surface area contributed by atoms with Gasteiger partial charge in [-0.2, -0.15) is 0 Å². The highest BCUT2D eigenvalue weighted by Crippen LogP contribution is 2.22. The number of nitrogens with zero attached hydrogens (tertiary/aromatic N) is 2. The zero-order valence-corrected chi connectivity index (χ0v) is 11.9. The maximum absolute atomic E-state index is 12.4. The first-order chi connectivity index (χ1) is 9.15. The van der Waals surface area contributed by atoms with Gasteiger partial charge in [-0.1, -0.05) is 50.6 Å². The van der Waals surface area contributed by atoms with Crippen LogP contribution >= 0.6 is 0 Å². The molecule has 1 saturated carbocycles. The Kier molecular flexibility index (Phi) is 7.19. The average molecular weight is 264 g/mol. The standard InChI is InChI=1S/C16H25FN2/c1-4-19(14-10-6-7-11-15(2)17)18(3)16-12-8-5-9-13-16/h4,6-7,10-11,16H,1-2,5,8-9,12-14H2,3H3/b10-6+,11-7-. The van der Waals surface area contributed by atoms with Gasteiger partial charge in [0.1, 0.15) is 5.83 Å².